The Morgan fingerprint density at radius 2 is 1.80 bits per heavy atom. The van der Waals surface area contributed by atoms with Crippen LogP contribution < -0.4 is 5.32 Å². The molecule has 0 amide bonds. The van der Waals surface area contributed by atoms with Crippen LogP contribution >= 0.6 is 0 Å². The maximum atomic E-state index is 11.9. The normalized spacial score (nSPS) is 20.5. The highest BCUT2D eigenvalue weighted by Gasteiger charge is 2.47. The Morgan fingerprint density at radius 1 is 1.27 bits per heavy atom. The minimum atomic E-state index is -5.42. The molecule has 1 fully saturated rings. The van der Waals surface area contributed by atoms with Gasteiger partial charge in [0.05, 0.1) is 6.61 Å². The highest BCUT2D eigenvalue weighted by Crippen LogP contribution is 2.25. The van der Waals surface area contributed by atoms with E-state index in [4.69, 9.17) is 0 Å². The highest BCUT2D eigenvalue weighted by molar-refractivity contribution is 7.87. The Kier molecular flexibility index (Phi) is 3.96. The van der Waals surface area contributed by atoms with Crippen LogP contribution in [0, 0.1) is 5.92 Å². The van der Waals surface area contributed by atoms with Crippen molar-refractivity contribution in [1.29, 1.82) is 0 Å². The summed E-state index contributed by atoms with van der Waals surface area (Å²) in [6.07, 6.45) is 1.26. The van der Waals surface area contributed by atoms with E-state index in [-0.39, 0.29) is 12.5 Å². The smallest absolute Gasteiger partial charge is 0.317 e. The molecule has 0 aromatic carbocycles. The number of hydrogen-bond donors (Lipinski definition) is 1. The quantitative estimate of drug-likeness (QED) is 0.593. The van der Waals surface area contributed by atoms with Gasteiger partial charge in [-0.25, -0.2) is 0 Å². The lowest BCUT2D eigenvalue weighted by atomic mass is 10.00. The van der Waals surface area contributed by atoms with Crippen LogP contribution in [0.3, 0.4) is 0 Å². The van der Waals surface area contributed by atoms with Crippen LogP contribution in [0.2, 0.25) is 0 Å². The van der Waals surface area contributed by atoms with Crippen LogP contribution in [0.5, 0.6) is 0 Å². The van der Waals surface area contributed by atoms with Crippen LogP contribution in [0.25, 0.3) is 0 Å². The fourth-order valence-corrected chi connectivity index (χ4v) is 1.81. The number of hydrogen-bond acceptors (Lipinski definition) is 4. The first-order valence-electron chi connectivity index (χ1n) is 4.49. The molecular formula is C7H12F3NO3S. The molecule has 1 saturated heterocycles. The summed E-state index contributed by atoms with van der Waals surface area (Å²) in [5.41, 5.74) is -5.32. The van der Waals surface area contributed by atoms with Crippen molar-refractivity contribution < 1.29 is 25.8 Å². The average molecular weight is 247 g/mol. The predicted molar refractivity (Wildman–Crippen MR) is 46.5 cm³/mol. The van der Waals surface area contributed by atoms with Gasteiger partial charge in [0.1, 0.15) is 0 Å². The van der Waals surface area contributed by atoms with Crippen molar-refractivity contribution in [2.45, 2.75) is 18.3 Å². The summed E-state index contributed by atoms with van der Waals surface area (Å²) in [7, 11) is -5.42. The third kappa shape index (κ3) is 3.62. The fourth-order valence-electron chi connectivity index (χ4n) is 1.30. The molecule has 0 aromatic heterocycles. The molecule has 15 heavy (non-hydrogen) atoms. The zero-order valence-corrected chi connectivity index (χ0v) is 8.70. The molecule has 0 aliphatic carbocycles. The third-order valence-electron chi connectivity index (χ3n) is 2.20. The van der Waals surface area contributed by atoms with Gasteiger partial charge in [0.2, 0.25) is 0 Å². The lowest BCUT2D eigenvalue weighted by Crippen LogP contribution is -2.32. The van der Waals surface area contributed by atoms with E-state index in [1.807, 2.05) is 0 Å². The van der Waals surface area contributed by atoms with Crippen molar-refractivity contribution in [3.8, 4) is 0 Å². The lowest BCUT2D eigenvalue weighted by molar-refractivity contribution is -0.0552. The molecular weight excluding hydrogens is 235 g/mol. The molecule has 4 nitrogen and oxygen atoms in total. The first-order valence-corrected chi connectivity index (χ1v) is 5.90. The molecule has 1 N–H and O–H groups in total. The summed E-state index contributed by atoms with van der Waals surface area (Å²) in [5.74, 6) is -0.122. The molecule has 0 atom stereocenters. The lowest BCUT2D eigenvalue weighted by Gasteiger charge is -2.22. The van der Waals surface area contributed by atoms with Crippen molar-refractivity contribution in [3.05, 3.63) is 0 Å². The second-order valence-electron chi connectivity index (χ2n) is 3.38. The second kappa shape index (κ2) is 4.67. The van der Waals surface area contributed by atoms with Crippen molar-refractivity contribution in [3.63, 3.8) is 0 Å². The average Bonchev–Trinajstić information content (AvgIpc) is 2.15. The summed E-state index contributed by atoms with van der Waals surface area (Å²) in [5, 5.41) is 3.01. The summed E-state index contributed by atoms with van der Waals surface area (Å²) in [6.45, 7) is 0.976. The van der Waals surface area contributed by atoms with Crippen molar-refractivity contribution in [1.82, 2.24) is 5.32 Å². The van der Waals surface area contributed by atoms with E-state index in [1.54, 1.807) is 0 Å². The van der Waals surface area contributed by atoms with E-state index >= 15 is 0 Å². The maximum Gasteiger partial charge on any atom is 0.523 e. The zero-order valence-electron chi connectivity index (χ0n) is 7.88. The Morgan fingerprint density at radius 3 is 2.27 bits per heavy atom. The van der Waals surface area contributed by atoms with Gasteiger partial charge < -0.3 is 5.32 Å². The van der Waals surface area contributed by atoms with Gasteiger partial charge in [-0.05, 0) is 31.8 Å². The molecule has 0 radical (unpaired) electrons. The zero-order chi connectivity index (χ0) is 11.5. The topological polar surface area (TPSA) is 55.4 Å². The predicted octanol–water partition coefficient (Wildman–Crippen LogP) is 0.852. The fraction of sp³-hybridized carbons (Fsp3) is 1.00. The minimum absolute atomic E-state index is 0.122. The Hall–Kier alpha value is -0.340. The van der Waals surface area contributed by atoms with Crippen LogP contribution in [0.4, 0.5) is 13.2 Å². The molecule has 1 aliphatic rings. The summed E-state index contributed by atoms with van der Waals surface area (Å²) in [4.78, 5) is 0. The SMILES string of the molecule is O=S(=O)(OCC1CCNCC1)C(F)(F)F. The molecule has 1 heterocycles. The van der Waals surface area contributed by atoms with E-state index in [0.29, 0.717) is 25.9 Å². The Labute approximate surface area is 85.9 Å². The molecule has 0 saturated carbocycles. The number of piperidine rings is 1. The number of rotatable bonds is 3. The van der Waals surface area contributed by atoms with Crippen LogP contribution in [-0.4, -0.2) is 33.6 Å². The van der Waals surface area contributed by atoms with Gasteiger partial charge in [-0.15, -0.1) is 0 Å². The largest absolute Gasteiger partial charge is 0.523 e. The van der Waals surface area contributed by atoms with E-state index < -0.39 is 15.6 Å². The summed E-state index contributed by atoms with van der Waals surface area (Å²) < 4.78 is 60.6. The first-order chi connectivity index (χ1) is 6.83. The minimum Gasteiger partial charge on any atom is -0.317 e. The monoisotopic (exact) mass is 247 g/mol. The maximum absolute atomic E-state index is 11.9. The van der Waals surface area contributed by atoms with Gasteiger partial charge in [0.25, 0.3) is 0 Å². The summed E-state index contributed by atoms with van der Waals surface area (Å²) in [6, 6.07) is 0. The molecule has 0 spiro atoms. The number of alkyl halides is 3. The first kappa shape index (κ1) is 12.7. The van der Waals surface area contributed by atoms with E-state index in [2.05, 4.69) is 9.50 Å². The Balaban J connectivity index is 2.42. The molecule has 0 aromatic rings. The van der Waals surface area contributed by atoms with E-state index in [1.165, 1.54) is 0 Å². The van der Waals surface area contributed by atoms with Crippen LogP contribution in [0.1, 0.15) is 12.8 Å². The molecule has 0 bridgehead atoms. The van der Waals surface area contributed by atoms with Crippen molar-refractivity contribution in [2.75, 3.05) is 19.7 Å². The van der Waals surface area contributed by atoms with E-state index in [9.17, 15) is 21.6 Å². The van der Waals surface area contributed by atoms with Gasteiger partial charge in [-0.2, -0.15) is 21.6 Å². The van der Waals surface area contributed by atoms with Gasteiger partial charge in [-0.3, -0.25) is 4.18 Å². The standard InChI is InChI=1S/C7H12F3NO3S/c8-7(9,10)15(12,13)14-5-6-1-3-11-4-2-6/h6,11H,1-5H2. The second-order valence-corrected chi connectivity index (χ2v) is 4.98. The number of nitrogens with one attached hydrogen (secondary N) is 1. The number of halogens is 3. The summed E-state index contributed by atoms with van der Waals surface area (Å²) >= 11 is 0. The molecule has 1 rings (SSSR count). The van der Waals surface area contributed by atoms with Crippen molar-refractivity contribution >= 4 is 10.1 Å². The molecule has 8 heteroatoms. The van der Waals surface area contributed by atoms with Gasteiger partial charge in [0, 0.05) is 0 Å². The third-order valence-corrected chi connectivity index (χ3v) is 3.21. The van der Waals surface area contributed by atoms with Gasteiger partial charge >= 0.3 is 15.6 Å². The van der Waals surface area contributed by atoms with Gasteiger partial charge in [0.15, 0.2) is 0 Å². The Bertz CT molecular complexity index is 295. The van der Waals surface area contributed by atoms with Crippen LogP contribution in [0.15, 0.2) is 0 Å². The molecule has 1 aliphatic heterocycles. The van der Waals surface area contributed by atoms with Crippen LogP contribution in [-0.2, 0) is 14.3 Å². The van der Waals surface area contributed by atoms with E-state index in [0.717, 1.165) is 0 Å². The molecule has 90 valence electrons. The van der Waals surface area contributed by atoms with Crippen molar-refractivity contribution in [2.24, 2.45) is 5.92 Å². The molecule has 0 unspecified atom stereocenters. The van der Waals surface area contributed by atoms with Gasteiger partial charge in [-0.1, -0.05) is 0 Å². The highest BCUT2D eigenvalue weighted by atomic mass is 32.2.